The Morgan fingerprint density at radius 3 is 2.96 bits per heavy atom. The number of aryl methyl sites for hydroxylation is 1. The third-order valence-electron chi connectivity index (χ3n) is 3.50. The molecule has 0 fully saturated rings. The SMILES string of the molecule is Cc1nc(CN2CCc3nc(NC(=O)NC(C)C)sc3C2)cs1. The van der Waals surface area contributed by atoms with Gasteiger partial charge in [-0.15, -0.1) is 22.7 Å². The predicted molar refractivity (Wildman–Crippen MR) is 94.1 cm³/mol. The first-order valence-electron chi connectivity index (χ1n) is 7.69. The topological polar surface area (TPSA) is 70.2 Å². The molecule has 6 nitrogen and oxygen atoms in total. The largest absolute Gasteiger partial charge is 0.336 e. The Morgan fingerprint density at radius 2 is 2.26 bits per heavy atom. The second-order valence-electron chi connectivity index (χ2n) is 5.96. The van der Waals surface area contributed by atoms with E-state index in [-0.39, 0.29) is 12.1 Å². The molecule has 0 bridgehead atoms. The van der Waals surface area contributed by atoms with Crippen LogP contribution in [0.2, 0.25) is 0 Å². The van der Waals surface area contributed by atoms with Gasteiger partial charge in [-0.05, 0) is 20.8 Å². The number of hydrogen-bond donors (Lipinski definition) is 2. The molecule has 2 aromatic heterocycles. The third-order valence-corrected chi connectivity index (χ3v) is 5.32. The van der Waals surface area contributed by atoms with Crippen molar-refractivity contribution >= 4 is 33.8 Å². The molecule has 0 unspecified atom stereocenters. The van der Waals surface area contributed by atoms with Gasteiger partial charge < -0.3 is 5.32 Å². The Labute approximate surface area is 144 Å². The van der Waals surface area contributed by atoms with Crippen molar-refractivity contribution in [1.82, 2.24) is 20.2 Å². The van der Waals surface area contributed by atoms with E-state index in [1.54, 1.807) is 22.7 Å². The molecule has 2 amide bonds. The van der Waals surface area contributed by atoms with Gasteiger partial charge in [-0.2, -0.15) is 0 Å². The van der Waals surface area contributed by atoms with E-state index in [0.29, 0.717) is 5.13 Å². The lowest BCUT2D eigenvalue weighted by Gasteiger charge is -2.24. The van der Waals surface area contributed by atoms with Crippen molar-refractivity contribution in [2.75, 3.05) is 11.9 Å². The Morgan fingerprint density at radius 1 is 1.43 bits per heavy atom. The second-order valence-corrected chi connectivity index (χ2v) is 8.11. The summed E-state index contributed by atoms with van der Waals surface area (Å²) in [6, 6.07) is -0.0810. The van der Waals surface area contributed by atoms with E-state index in [0.717, 1.165) is 42.5 Å². The van der Waals surface area contributed by atoms with Crippen molar-refractivity contribution in [3.05, 3.63) is 26.7 Å². The molecule has 3 rings (SSSR count). The highest BCUT2D eigenvalue weighted by Crippen LogP contribution is 2.29. The summed E-state index contributed by atoms with van der Waals surface area (Å²) in [4.78, 5) is 24.5. The molecule has 0 aliphatic carbocycles. The number of nitrogens with zero attached hydrogens (tertiary/aromatic N) is 3. The van der Waals surface area contributed by atoms with Gasteiger partial charge in [-0.25, -0.2) is 14.8 Å². The minimum absolute atomic E-state index is 0.113. The first-order valence-corrected chi connectivity index (χ1v) is 9.38. The molecule has 0 radical (unpaired) electrons. The van der Waals surface area contributed by atoms with Crippen LogP contribution < -0.4 is 10.6 Å². The number of hydrogen-bond acceptors (Lipinski definition) is 6. The smallest absolute Gasteiger partial charge is 0.321 e. The van der Waals surface area contributed by atoms with Crippen LogP contribution in [-0.2, 0) is 19.5 Å². The number of thiazole rings is 2. The summed E-state index contributed by atoms with van der Waals surface area (Å²) in [5.74, 6) is 0. The number of rotatable bonds is 4. The van der Waals surface area contributed by atoms with Gasteiger partial charge in [0.1, 0.15) is 0 Å². The minimum atomic E-state index is -0.194. The van der Waals surface area contributed by atoms with Gasteiger partial charge >= 0.3 is 6.03 Å². The molecule has 0 spiro atoms. The van der Waals surface area contributed by atoms with E-state index in [1.165, 1.54) is 4.88 Å². The van der Waals surface area contributed by atoms with E-state index < -0.39 is 0 Å². The quantitative estimate of drug-likeness (QED) is 0.888. The number of urea groups is 1. The Hall–Kier alpha value is -1.51. The molecule has 0 atom stereocenters. The number of carbonyl (C=O) groups excluding carboxylic acids is 1. The molecule has 2 N–H and O–H groups in total. The minimum Gasteiger partial charge on any atom is -0.336 e. The molecule has 0 saturated carbocycles. The fourth-order valence-corrected chi connectivity index (χ4v) is 4.19. The molecule has 23 heavy (non-hydrogen) atoms. The molecule has 3 heterocycles. The van der Waals surface area contributed by atoms with Gasteiger partial charge in [0.05, 0.1) is 16.4 Å². The molecule has 1 aliphatic rings. The van der Waals surface area contributed by atoms with Crippen LogP contribution >= 0.6 is 22.7 Å². The zero-order valence-electron chi connectivity index (χ0n) is 13.5. The lowest BCUT2D eigenvalue weighted by molar-refractivity contribution is 0.244. The molecule has 8 heteroatoms. The first-order chi connectivity index (χ1) is 11.0. The maximum Gasteiger partial charge on any atom is 0.321 e. The van der Waals surface area contributed by atoms with Crippen molar-refractivity contribution in [3.8, 4) is 0 Å². The monoisotopic (exact) mass is 351 g/mol. The summed E-state index contributed by atoms with van der Waals surface area (Å²) in [5.41, 5.74) is 2.25. The van der Waals surface area contributed by atoms with Crippen LogP contribution in [0.1, 0.15) is 35.1 Å². The lowest BCUT2D eigenvalue weighted by Crippen LogP contribution is -2.34. The summed E-state index contributed by atoms with van der Waals surface area (Å²) in [7, 11) is 0. The maximum absolute atomic E-state index is 11.8. The Kier molecular flexibility index (Phi) is 4.93. The Bertz CT molecular complexity index is 694. The van der Waals surface area contributed by atoms with Crippen LogP contribution in [0.25, 0.3) is 0 Å². The molecular formula is C15H21N5OS2. The average molecular weight is 352 g/mol. The van der Waals surface area contributed by atoms with Gasteiger partial charge in [0.15, 0.2) is 5.13 Å². The maximum atomic E-state index is 11.8. The van der Waals surface area contributed by atoms with E-state index in [9.17, 15) is 4.79 Å². The molecule has 124 valence electrons. The standard InChI is InChI=1S/C15H21N5OS2/c1-9(2)16-14(21)19-15-18-12-4-5-20(7-13(12)23-15)6-11-8-22-10(3)17-11/h8-9H,4-7H2,1-3H3,(H2,16,18,19,21). The summed E-state index contributed by atoms with van der Waals surface area (Å²) in [6.07, 6.45) is 0.919. The van der Waals surface area contributed by atoms with Crippen molar-refractivity contribution in [2.45, 2.75) is 46.3 Å². The highest BCUT2D eigenvalue weighted by atomic mass is 32.1. The summed E-state index contributed by atoms with van der Waals surface area (Å²) < 4.78 is 0. The number of aromatic nitrogens is 2. The number of fused-ring (bicyclic) bond motifs is 1. The van der Waals surface area contributed by atoms with Gasteiger partial charge in [0.2, 0.25) is 0 Å². The number of amides is 2. The summed E-state index contributed by atoms with van der Waals surface area (Å²) in [5, 5.41) is 9.56. The zero-order valence-corrected chi connectivity index (χ0v) is 15.2. The van der Waals surface area contributed by atoms with Crippen LogP contribution in [0.15, 0.2) is 5.38 Å². The van der Waals surface area contributed by atoms with Crippen molar-refractivity contribution in [1.29, 1.82) is 0 Å². The third kappa shape index (κ3) is 4.27. The second kappa shape index (κ2) is 6.94. The number of anilines is 1. The van der Waals surface area contributed by atoms with Gasteiger partial charge in [0, 0.05) is 42.4 Å². The fourth-order valence-electron chi connectivity index (χ4n) is 2.54. The van der Waals surface area contributed by atoms with Crippen LogP contribution in [0.4, 0.5) is 9.93 Å². The van der Waals surface area contributed by atoms with Crippen molar-refractivity contribution < 1.29 is 4.79 Å². The Balaban J connectivity index is 1.61. The molecular weight excluding hydrogens is 330 g/mol. The van der Waals surface area contributed by atoms with Crippen LogP contribution in [0.3, 0.4) is 0 Å². The zero-order chi connectivity index (χ0) is 16.4. The van der Waals surface area contributed by atoms with Crippen LogP contribution in [0.5, 0.6) is 0 Å². The normalized spacial score (nSPS) is 14.8. The fraction of sp³-hybridized carbons (Fsp3) is 0.533. The van der Waals surface area contributed by atoms with Crippen molar-refractivity contribution in [3.63, 3.8) is 0 Å². The summed E-state index contributed by atoms with van der Waals surface area (Å²) >= 11 is 3.26. The lowest BCUT2D eigenvalue weighted by atomic mass is 10.2. The van der Waals surface area contributed by atoms with Gasteiger partial charge in [-0.1, -0.05) is 0 Å². The highest BCUT2D eigenvalue weighted by Gasteiger charge is 2.22. The van der Waals surface area contributed by atoms with Crippen LogP contribution in [-0.4, -0.2) is 33.5 Å². The number of nitrogens with one attached hydrogen (secondary N) is 2. The number of carbonyl (C=O) groups is 1. The van der Waals surface area contributed by atoms with E-state index in [4.69, 9.17) is 0 Å². The van der Waals surface area contributed by atoms with Crippen molar-refractivity contribution in [2.24, 2.45) is 0 Å². The van der Waals surface area contributed by atoms with Crippen LogP contribution in [0, 0.1) is 6.92 Å². The van der Waals surface area contributed by atoms with E-state index >= 15 is 0 Å². The molecule has 0 saturated heterocycles. The first kappa shape index (κ1) is 16.4. The van der Waals surface area contributed by atoms with Gasteiger partial charge in [-0.3, -0.25) is 10.2 Å². The highest BCUT2D eigenvalue weighted by molar-refractivity contribution is 7.15. The molecule has 0 aromatic carbocycles. The average Bonchev–Trinajstić information content (AvgIpc) is 3.03. The molecule has 1 aliphatic heterocycles. The van der Waals surface area contributed by atoms with E-state index in [2.05, 4.69) is 30.9 Å². The van der Waals surface area contributed by atoms with E-state index in [1.807, 2.05) is 20.8 Å². The van der Waals surface area contributed by atoms with Gasteiger partial charge in [0.25, 0.3) is 0 Å². The summed E-state index contributed by atoms with van der Waals surface area (Å²) in [6.45, 7) is 8.63. The molecule has 2 aromatic rings. The predicted octanol–water partition coefficient (Wildman–Crippen LogP) is 3.00.